The molecule has 6 heteroatoms. The average Bonchev–Trinajstić information content (AvgIpc) is 3.16. The van der Waals surface area contributed by atoms with Crippen LogP contribution in [0, 0.1) is 6.92 Å². The lowest BCUT2D eigenvalue weighted by Crippen LogP contribution is -2.20. The van der Waals surface area contributed by atoms with Crippen LogP contribution in [0.15, 0.2) is 5.03 Å². The van der Waals surface area contributed by atoms with Crippen LogP contribution in [0.25, 0.3) is 0 Å². The molecule has 5 nitrogen and oxygen atoms in total. The van der Waals surface area contributed by atoms with Crippen molar-refractivity contribution in [2.24, 2.45) is 0 Å². The Hall–Kier alpha value is -1.14. The summed E-state index contributed by atoms with van der Waals surface area (Å²) in [4.78, 5) is 20.2. The summed E-state index contributed by atoms with van der Waals surface area (Å²) in [6.45, 7) is 8.31. The molecule has 1 aromatic rings. The molecule has 0 spiro atoms. The highest BCUT2D eigenvalue weighted by Gasteiger charge is 2.29. The Morgan fingerprint density at radius 2 is 2.05 bits per heavy atom. The lowest BCUT2D eigenvalue weighted by Gasteiger charge is -2.19. The maximum Gasteiger partial charge on any atom is 0.340 e. The van der Waals surface area contributed by atoms with Crippen LogP contribution in [-0.2, 0) is 4.74 Å². The summed E-state index contributed by atoms with van der Waals surface area (Å²) in [5, 5.41) is 9.92. The van der Waals surface area contributed by atoms with Crippen molar-refractivity contribution in [3.05, 3.63) is 17.1 Å². The highest BCUT2D eigenvalue weighted by atomic mass is 32.2. The Morgan fingerprint density at radius 1 is 1.38 bits per heavy atom. The van der Waals surface area contributed by atoms with Gasteiger partial charge in [-0.05, 0) is 40.5 Å². The molecule has 0 saturated heterocycles. The molecule has 0 bridgehead atoms. The van der Waals surface area contributed by atoms with E-state index in [0.717, 1.165) is 18.7 Å². The number of aromatic carboxylic acids is 1. The van der Waals surface area contributed by atoms with Crippen LogP contribution in [0.3, 0.4) is 0 Å². The van der Waals surface area contributed by atoms with Crippen LogP contribution in [0.5, 0.6) is 0 Å². The zero-order chi connectivity index (χ0) is 15.6. The van der Waals surface area contributed by atoms with Gasteiger partial charge in [0.05, 0.1) is 17.9 Å². The molecule has 1 N–H and O–H groups in total. The number of hydrogen-bond acceptors (Lipinski definition) is 5. The van der Waals surface area contributed by atoms with E-state index in [1.54, 1.807) is 6.92 Å². The normalized spacial score (nSPS) is 15.2. The molecule has 0 atom stereocenters. The number of carboxylic acid groups (broad SMARTS) is 1. The van der Waals surface area contributed by atoms with Crippen LogP contribution < -0.4 is 0 Å². The van der Waals surface area contributed by atoms with E-state index in [9.17, 15) is 9.90 Å². The monoisotopic (exact) mass is 310 g/mol. The number of hydrogen-bond donors (Lipinski definition) is 1. The van der Waals surface area contributed by atoms with E-state index in [1.165, 1.54) is 11.8 Å². The largest absolute Gasteiger partial charge is 0.478 e. The number of rotatable bonds is 6. The zero-order valence-corrected chi connectivity index (χ0v) is 13.8. The summed E-state index contributed by atoms with van der Waals surface area (Å²) in [5.41, 5.74) is 0.593. The fourth-order valence-corrected chi connectivity index (χ4v) is 2.83. The molecule has 1 fully saturated rings. The quantitative estimate of drug-likeness (QED) is 0.494. The van der Waals surface area contributed by atoms with E-state index in [-0.39, 0.29) is 11.2 Å². The first-order valence-corrected chi connectivity index (χ1v) is 8.15. The van der Waals surface area contributed by atoms with E-state index in [0.29, 0.717) is 29.0 Å². The Bertz CT molecular complexity index is 536. The van der Waals surface area contributed by atoms with Gasteiger partial charge >= 0.3 is 5.97 Å². The number of aryl methyl sites for hydroxylation is 1. The van der Waals surface area contributed by atoms with Gasteiger partial charge < -0.3 is 9.84 Å². The van der Waals surface area contributed by atoms with E-state index < -0.39 is 5.97 Å². The Morgan fingerprint density at radius 3 is 2.57 bits per heavy atom. The number of carboxylic acids is 1. The van der Waals surface area contributed by atoms with Crippen LogP contribution in [0.2, 0.25) is 0 Å². The first-order valence-electron chi connectivity index (χ1n) is 7.16. The standard InChI is InChI=1S/C15H22N2O3S/c1-9-11(14(18)19)13(17-12(16-9)10-5-6-10)21-8-7-20-15(2,3)4/h10H,5-8H2,1-4H3,(H,18,19). The van der Waals surface area contributed by atoms with E-state index in [1.807, 2.05) is 20.8 Å². The molecule has 1 saturated carbocycles. The lowest BCUT2D eigenvalue weighted by molar-refractivity contribution is 0.00692. The van der Waals surface area contributed by atoms with Crippen molar-refractivity contribution in [3.8, 4) is 0 Å². The SMILES string of the molecule is Cc1nc(C2CC2)nc(SCCOC(C)(C)C)c1C(=O)O. The van der Waals surface area contributed by atoms with Gasteiger partial charge in [0.2, 0.25) is 0 Å². The number of aromatic nitrogens is 2. The van der Waals surface area contributed by atoms with Crippen molar-refractivity contribution in [3.63, 3.8) is 0 Å². The maximum absolute atomic E-state index is 11.4. The van der Waals surface area contributed by atoms with E-state index in [4.69, 9.17) is 4.74 Å². The van der Waals surface area contributed by atoms with Crippen molar-refractivity contribution in [2.45, 2.75) is 57.1 Å². The lowest BCUT2D eigenvalue weighted by atomic mass is 10.2. The molecule has 0 amide bonds. The van der Waals surface area contributed by atoms with Crippen LogP contribution in [0.1, 0.15) is 61.4 Å². The topological polar surface area (TPSA) is 72.3 Å². The Kier molecular flexibility index (Phi) is 4.88. The molecule has 0 radical (unpaired) electrons. The molecule has 0 aliphatic heterocycles. The molecule has 0 aromatic carbocycles. The van der Waals surface area contributed by atoms with Crippen molar-refractivity contribution >= 4 is 17.7 Å². The predicted octanol–water partition coefficient (Wildman–Crippen LogP) is 3.27. The van der Waals surface area contributed by atoms with E-state index >= 15 is 0 Å². The van der Waals surface area contributed by atoms with Crippen molar-refractivity contribution < 1.29 is 14.6 Å². The fourth-order valence-electron chi connectivity index (χ4n) is 1.93. The fraction of sp³-hybridized carbons (Fsp3) is 0.667. The third-order valence-electron chi connectivity index (χ3n) is 3.09. The predicted molar refractivity (Wildman–Crippen MR) is 82.1 cm³/mol. The summed E-state index contributed by atoms with van der Waals surface area (Å²) in [7, 11) is 0. The maximum atomic E-state index is 11.4. The van der Waals surface area contributed by atoms with Gasteiger partial charge in [0.25, 0.3) is 0 Å². The summed E-state index contributed by atoms with van der Waals surface area (Å²) < 4.78 is 5.66. The summed E-state index contributed by atoms with van der Waals surface area (Å²) in [5.74, 6) is 0.917. The van der Waals surface area contributed by atoms with Gasteiger partial charge in [0.15, 0.2) is 0 Å². The first kappa shape index (κ1) is 16.2. The molecule has 0 unspecified atom stereocenters. The summed E-state index contributed by atoms with van der Waals surface area (Å²) in [6, 6.07) is 0. The number of thioether (sulfide) groups is 1. The molecule has 116 valence electrons. The number of ether oxygens (including phenoxy) is 1. The van der Waals surface area contributed by atoms with Gasteiger partial charge in [-0.25, -0.2) is 14.8 Å². The number of carbonyl (C=O) groups is 1. The second kappa shape index (κ2) is 6.32. The van der Waals surface area contributed by atoms with Crippen molar-refractivity contribution in [1.29, 1.82) is 0 Å². The highest BCUT2D eigenvalue weighted by Crippen LogP contribution is 2.39. The summed E-state index contributed by atoms with van der Waals surface area (Å²) in [6.07, 6.45) is 2.20. The molecule has 1 aliphatic carbocycles. The minimum Gasteiger partial charge on any atom is -0.478 e. The zero-order valence-electron chi connectivity index (χ0n) is 13.0. The molecular weight excluding hydrogens is 288 g/mol. The molecule has 1 aromatic heterocycles. The second-order valence-corrected chi connectivity index (χ2v) is 7.32. The minimum atomic E-state index is -0.964. The van der Waals surface area contributed by atoms with Gasteiger partial charge in [-0.1, -0.05) is 0 Å². The first-order chi connectivity index (χ1) is 9.78. The van der Waals surface area contributed by atoms with Crippen LogP contribution in [0.4, 0.5) is 0 Å². The van der Waals surface area contributed by atoms with Gasteiger partial charge in [-0.2, -0.15) is 0 Å². The minimum absolute atomic E-state index is 0.184. The van der Waals surface area contributed by atoms with Crippen molar-refractivity contribution in [2.75, 3.05) is 12.4 Å². The molecule has 1 heterocycles. The Balaban J connectivity index is 2.10. The third-order valence-corrected chi connectivity index (χ3v) is 4.03. The molecule has 21 heavy (non-hydrogen) atoms. The van der Waals surface area contributed by atoms with Gasteiger partial charge in [-0.15, -0.1) is 11.8 Å². The molecule has 1 aliphatic rings. The number of nitrogens with zero attached hydrogens (tertiary/aromatic N) is 2. The van der Waals surface area contributed by atoms with Crippen LogP contribution >= 0.6 is 11.8 Å². The second-order valence-electron chi connectivity index (χ2n) is 6.24. The van der Waals surface area contributed by atoms with Gasteiger partial charge in [0, 0.05) is 11.7 Å². The third kappa shape index (κ3) is 4.68. The van der Waals surface area contributed by atoms with Crippen LogP contribution in [-0.4, -0.2) is 39.0 Å². The Labute approximate surface area is 129 Å². The molecular formula is C15H22N2O3S. The van der Waals surface area contributed by atoms with Gasteiger partial charge in [-0.3, -0.25) is 0 Å². The van der Waals surface area contributed by atoms with Gasteiger partial charge in [0.1, 0.15) is 16.4 Å². The summed E-state index contributed by atoms with van der Waals surface area (Å²) >= 11 is 1.43. The highest BCUT2D eigenvalue weighted by molar-refractivity contribution is 7.99. The average molecular weight is 310 g/mol. The molecule has 2 rings (SSSR count). The van der Waals surface area contributed by atoms with Crippen molar-refractivity contribution in [1.82, 2.24) is 9.97 Å². The smallest absolute Gasteiger partial charge is 0.340 e. The van der Waals surface area contributed by atoms with E-state index in [2.05, 4.69) is 9.97 Å².